The van der Waals surface area contributed by atoms with Gasteiger partial charge in [-0.15, -0.1) is 0 Å². The van der Waals surface area contributed by atoms with Crippen LogP contribution in [-0.4, -0.2) is 15.0 Å². The van der Waals surface area contributed by atoms with Crippen molar-refractivity contribution in [3.63, 3.8) is 0 Å². The van der Waals surface area contributed by atoms with E-state index in [-0.39, 0.29) is 14.9 Å². The Morgan fingerprint density at radius 1 is 1.00 bits per heavy atom. The summed E-state index contributed by atoms with van der Waals surface area (Å²) >= 11 is 11.9. The van der Waals surface area contributed by atoms with Crippen molar-refractivity contribution < 1.29 is 13.2 Å². The zero-order valence-corrected chi connectivity index (χ0v) is 15.0. The molecule has 0 aliphatic carbocycles. The molecule has 0 atom stereocenters. The van der Waals surface area contributed by atoms with Crippen LogP contribution in [0.25, 0.3) is 0 Å². The number of unbranched alkanes of at least 4 members (excludes halogenated alkanes) is 5. The Balaban J connectivity index is 2.52. The van der Waals surface area contributed by atoms with E-state index >= 15 is 0 Å². The summed E-state index contributed by atoms with van der Waals surface area (Å²) in [5.41, 5.74) is 0. The largest absolute Gasteiger partial charge is 0.492 e. The number of rotatable bonds is 9. The fourth-order valence-electron chi connectivity index (χ4n) is 1.87. The standard InChI is InChI=1S/C14H19Cl3O3S/c1-2-3-4-5-6-7-8-20-13-9-12(16)14(10-11(13)15)21(17,18)19/h9-10H,2-8H2,1H3. The highest BCUT2D eigenvalue weighted by molar-refractivity contribution is 8.13. The van der Waals surface area contributed by atoms with Gasteiger partial charge in [0.25, 0.3) is 9.05 Å². The topological polar surface area (TPSA) is 43.4 Å². The SMILES string of the molecule is CCCCCCCCOc1cc(Cl)c(S(=O)(=O)Cl)cc1Cl. The van der Waals surface area contributed by atoms with Crippen molar-refractivity contribution in [3.8, 4) is 5.75 Å². The normalized spacial score (nSPS) is 11.6. The maximum atomic E-state index is 11.3. The Labute approximate surface area is 141 Å². The van der Waals surface area contributed by atoms with Gasteiger partial charge in [0.1, 0.15) is 10.6 Å². The van der Waals surface area contributed by atoms with Gasteiger partial charge in [-0.05, 0) is 12.5 Å². The van der Waals surface area contributed by atoms with Crippen LogP contribution < -0.4 is 4.74 Å². The van der Waals surface area contributed by atoms with Gasteiger partial charge in [0.05, 0.1) is 16.7 Å². The van der Waals surface area contributed by atoms with Crippen LogP contribution in [-0.2, 0) is 9.05 Å². The van der Waals surface area contributed by atoms with Gasteiger partial charge in [-0.2, -0.15) is 0 Å². The molecule has 7 heteroatoms. The molecule has 3 nitrogen and oxygen atoms in total. The molecule has 0 fully saturated rings. The van der Waals surface area contributed by atoms with E-state index in [9.17, 15) is 8.42 Å². The Morgan fingerprint density at radius 2 is 1.62 bits per heavy atom. The van der Waals surface area contributed by atoms with E-state index in [1.807, 2.05) is 0 Å². The fraction of sp³-hybridized carbons (Fsp3) is 0.571. The molecule has 1 aromatic carbocycles. The molecule has 0 unspecified atom stereocenters. The molecular weight excluding hydrogens is 355 g/mol. The summed E-state index contributed by atoms with van der Waals surface area (Å²) < 4.78 is 28.1. The first-order chi connectivity index (χ1) is 9.86. The minimum Gasteiger partial charge on any atom is -0.492 e. The predicted octanol–water partition coefficient (Wildman–Crippen LogP) is 5.66. The molecule has 21 heavy (non-hydrogen) atoms. The van der Waals surface area contributed by atoms with Gasteiger partial charge in [-0.1, -0.05) is 62.2 Å². The third kappa shape index (κ3) is 6.64. The molecule has 0 heterocycles. The number of halogens is 3. The molecule has 1 aromatic rings. The summed E-state index contributed by atoms with van der Waals surface area (Å²) in [6.07, 6.45) is 6.93. The van der Waals surface area contributed by atoms with Gasteiger partial charge in [-0.3, -0.25) is 0 Å². The number of ether oxygens (including phenoxy) is 1. The van der Waals surface area contributed by atoms with Crippen LogP contribution >= 0.6 is 33.9 Å². The fourth-order valence-corrected chi connectivity index (χ4v) is 3.67. The second-order valence-electron chi connectivity index (χ2n) is 4.77. The molecule has 1 rings (SSSR count). The van der Waals surface area contributed by atoms with Gasteiger partial charge in [0.15, 0.2) is 0 Å². The molecule has 0 aromatic heterocycles. The van der Waals surface area contributed by atoms with Crippen molar-refractivity contribution >= 4 is 42.9 Å². The second kappa shape index (κ2) is 9.09. The number of hydrogen-bond donors (Lipinski definition) is 0. The molecule has 0 saturated heterocycles. The third-order valence-electron chi connectivity index (χ3n) is 3.00. The van der Waals surface area contributed by atoms with Crippen molar-refractivity contribution in [2.45, 2.75) is 50.3 Å². The van der Waals surface area contributed by atoms with Crippen LogP contribution in [0.2, 0.25) is 10.0 Å². The monoisotopic (exact) mass is 372 g/mol. The van der Waals surface area contributed by atoms with Gasteiger partial charge >= 0.3 is 0 Å². The smallest absolute Gasteiger partial charge is 0.262 e. The summed E-state index contributed by atoms with van der Waals surface area (Å²) in [5.74, 6) is 0.374. The van der Waals surface area contributed by atoms with Crippen LogP contribution in [0.1, 0.15) is 45.4 Å². The van der Waals surface area contributed by atoms with E-state index in [1.165, 1.54) is 37.8 Å². The Morgan fingerprint density at radius 3 is 2.24 bits per heavy atom. The van der Waals surface area contributed by atoms with E-state index in [4.69, 9.17) is 38.6 Å². The molecule has 0 N–H and O–H groups in total. The maximum absolute atomic E-state index is 11.3. The minimum absolute atomic E-state index is 0.00680. The summed E-state index contributed by atoms with van der Waals surface area (Å²) in [4.78, 5) is -0.206. The van der Waals surface area contributed by atoms with Crippen LogP contribution in [0.3, 0.4) is 0 Å². The van der Waals surface area contributed by atoms with Crippen LogP contribution in [0.15, 0.2) is 17.0 Å². The van der Waals surface area contributed by atoms with Crippen molar-refractivity contribution in [1.29, 1.82) is 0 Å². The lowest BCUT2D eigenvalue weighted by molar-refractivity contribution is 0.304. The molecule has 0 radical (unpaired) electrons. The van der Waals surface area contributed by atoms with Crippen LogP contribution in [0.5, 0.6) is 5.75 Å². The predicted molar refractivity (Wildman–Crippen MR) is 88.4 cm³/mol. The zero-order valence-electron chi connectivity index (χ0n) is 11.9. The third-order valence-corrected chi connectivity index (χ3v) is 5.09. The first kappa shape index (κ1) is 18.9. The molecule has 0 aliphatic heterocycles. The highest BCUT2D eigenvalue weighted by Crippen LogP contribution is 2.35. The van der Waals surface area contributed by atoms with Crippen molar-refractivity contribution in [2.75, 3.05) is 6.61 Å². The van der Waals surface area contributed by atoms with Gasteiger partial charge < -0.3 is 4.74 Å². The highest BCUT2D eigenvalue weighted by Gasteiger charge is 2.18. The first-order valence-electron chi connectivity index (χ1n) is 6.92. The Bertz CT molecular complexity index is 559. The van der Waals surface area contributed by atoms with Gasteiger partial charge in [0.2, 0.25) is 0 Å². The molecular formula is C14H19Cl3O3S. The van der Waals surface area contributed by atoms with E-state index in [2.05, 4.69) is 6.92 Å². The molecule has 0 saturated carbocycles. The van der Waals surface area contributed by atoms with E-state index in [1.54, 1.807) is 0 Å². The molecule has 120 valence electrons. The first-order valence-corrected chi connectivity index (χ1v) is 9.99. The van der Waals surface area contributed by atoms with Crippen LogP contribution in [0.4, 0.5) is 0 Å². The summed E-state index contributed by atoms with van der Waals surface area (Å²) in [5, 5.41) is 0.192. The van der Waals surface area contributed by atoms with Gasteiger partial charge in [0, 0.05) is 16.7 Å². The number of hydrogen-bond acceptors (Lipinski definition) is 3. The average molecular weight is 374 g/mol. The number of benzene rings is 1. The summed E-state index contributed by atoms with van der Waals surface area (Å²) in [7, 11) is 1.35. The van der Waals surface area contributed by atoms with E-state index in [0.717, 1.165) is 12.8 Å². The summed E-state index contributed by atoms with van der Waals surface area (Å²) in [6, 6.07) is 2.60. The molecule has 0 aliphatic rings. The maximum Gasteiger partial charge on any atom is 0.262 e. The minimum atomic E-state index is -3.91. The lowest BCUT2D eigenvalue weighted by Crippen LogP contribution is -2.00. The lowest BCUT2D eigenvalue weighted by atomic mass is 10.1. The second-order valence-corrected chi connectivity index (χ2v) is 8.12. The quantitative estimate of drug-likeness (QED) is 0.414. The van der Waals surface area contributed by atoms with Crippen molar-refractivity contribution in [1.82, 2.24) is 0 Å². The van der Waals surface area contributed by atoms with E-state index < -0.39 is 9.05 Å². The highest BCUT2D eigenvalue weighted by atomic mass is 35.7. The van der Waals surface area contributed by atoms with Crippen molar-refractivity contribution in [3.05, 3.63) is 22.2 Å². The zero-order chi connectivity index (χ0) is 15.9. The Hall–Kier alpha value is -0.160. The summed E-state index contributed by atoms with van der Waals surface area (Å²) in [6.45, 7) is 2.70. The Kier molecular flexibility index (Phi) is 8.17. The molecule has 0 spiro atoms. The molecule has 0 bridgehead atoms. The van der Waals surface area contributed by atoms with E-state index in [0.29, 0.717) is 12.4 Å². The van der Waals surface area contributed by atoms with Crippen molar-refractivity contribution in [2.24, 2.45) is 0 Å². The lowest BCUT2D eigenvalue weighted by Gasteiger charge is -2.10. The van der Waals surface area contributed by atoms with Gasteiger partial charge in [-0.25, -0.2) is 8.42 Å². The molecule has 0 amide bonds. The van der Waals surface area contributed by atoms with Crippen LogP contribution in [0, 0.1) is 0 Å². The average Bonchev–Trinajstić information content (AvgIpc) is 2.39.